The van der Waals surface area contributed by atoms with E-state index in [4.69, 9.17) is 19.2 Å². The van der Waals surface area contributed by atoms with Crippen LogP contribution in [0, 0.1) is 5.82 Å². The number of nitrogens with zero attached hydrogens (tertiary/aromatic N) is 2. The summed E-state index contributed by atoms with van der Waals surface area (Å²) < 4.78 is 33.6. The average Bonchev–Trinajstić information content (AvgIpc) is 3.48. The largest absolute Gasteiger partial charge is 0.497 e. The summed E-state index contributed by atoms with van der Waals surface area (Å²) in [6, 6.07) is 9.74. The lowest BCUT2D eigenvalue weighted by Crippen LogP contribution is -2.41. The van der Waals surface area contributed by atoms with E-state index in [1.807, 2.05) is 45.9 Å². The van der Waals surface area contributed by atoms with E-state index in [1.54, 1.807) is 12.1 Å². The number of rotatable bonds is 6. The molecule has 11 heteroatoms. The molecule has 1 N–H and O–H groups in total. The molecule has 2 aliphatic heterocycles. The Bertz CT molecular complexity index is 1330. The first-order valence-electron chi connectivity index (χ1n) is 11.1. The summed E-state index contributed by atoms with van der Waals surface area (Å²) in [7, 11) is -0.758. The van der Waals surface area contributed by atoms with Crippen LogP contribution in [0.5, 0.6) is 5.75 Å². The van der Waals surface area contributed by atoms with Gasteiger partial charge in [-0.3, -0.25) is 4.99 Å². The van der Waals surface area contributed by atoms with Gasteiger partial charge in [-0.2, -0.15) is 0 Å². The van der Waals surface area contributed by atoms with Crippen LogP contribution in [-0.2, 0) is 20.7 Å². The molecule has 1 fully saturated rings. The first-order chi connectivity index (χ1) is 16.5. The number of fused-ring (bicyclic) bond motifs is 1. The highest BCUT2D eigenvalue weighted by Gasteiger charge is 2.52. The zero-order valence-corrected chi connectivity index (χ0v) is 21.3. The zero-order chi connectivity index (χ0) is 25.0. The minimum absolute atomic E-state index is 0.195. The summed E-state index contributed by atoms with van der Waals surface area (Å²) in [5.74, 6) is -0.280. The van der Waals surface area contributed by atoms with Crippen LogP contribution < -0.4 is 10.2 Å². The van der Waals surface area contributed by atoms with Gasteiger partial charge in [-0.1, -0.05) is 12.1 Å². The molecule has 3 heterocycles. The van der Waals surface area contributed by atoms with E-state index >= 15 is 0 Å². The van der Waals surface area contributed by atoms with Gasteiger partial charge in [-0.15, -0.1) is 23.1 Å². The smallest absolute Gasteiger partial charge is 0.489 e. The summed E-state index contributed by atoms with van der Waals surface area (Å²) in [5, 5.41) is 10.5. The van der Waals surface area contributed by atoms with Gasteiger partial charge in [0.2, 0.25) is 0 Å². The van der Waals surface area contributed by atoms with E-state index in [0.717, 1.165) is 10.2 Å². The van der Waals surface area contributed by atoms with E-state index in [-0.39, 0.29) is 6.61 Å². The number of carbonyl (C=O) groups is 1. The standard InChI is InChI=1S/C24H24BFN2O5S2/c1-23(2)24(3,4)33-25(32-23)15-7-5-13(9-16(15)26)11-31-14-6-8-17-19(10-14)35-21(27-17)20-28-18(12-34-20)22(29)30/h5-10,18H,11-12H2,1-4H3,(H,29,30). The van der Waals surface area contributed by atoms with E-state index in [9.17, 15) is 9.18 Å². The Labute approximate surface area is 210 Å². The molecule has 0 saturated carbocycles. The Hall–Kier alpha value is -2.47. The number of hydrogen-bond donors (Lipinski definition) is 1. The molecule has 0 aliphatic carbocycles. The fourth-order valence-electron chi connectivity index (χ4n) is 3.69. The number of thioether (sulfide) groups is 1. The Morgan fingerprint density at radius 2 is 1.94 bits per heavy atom. The quantitative estimate of drug-likeness (QED) is 0.492. The molecule has 0 bridgehead atoms. The molecule has 7 nitrogen and oxygen atoms in total. The molecule has 1 aromatic heterocycles. The Balaban J connectivity index is 1.27. The Kier molecular flexibility index (Phi) is 6.15. The minimum atomic E-state index is -0.926. The van der Waals surface area contributed by atoms with Gasteiger partial charge in [0.15, 0.2) is 6.04 Å². The number of halogens is 1. The molecular formula is C24H24BFN2O5S2. The normalized spacial score (nSPS) is 20.9. The van der Waals surface area contributed by atoms with Crippen molar-refractivity contribution in [2.75, 3.05) is 5.75 Å². The van der Waals surface area contributed by atoms with Crippen LogP contribution in [0.15, 0.2) is 41.4 Å². The molecule has 182 valence electrons. The molecule has 0 radical (unpaired) electrons. The second kappa shape index (κ2) is 8.88. The van der Waals surface area contributed by atoms with E-state index in [0.29, 0.717) is 32.6 Å². The van der Waals surface area contributed by atoms with Crippen molar-refractivity contribution in [3.63, 3.8) is 0 Å². The summed E-state index contributed by atoms with van der Waals surface area (Å²) in [6.45, 7) is 7.93. The van der Waals surface area contributed by atoms with Crippen molar-refractivity contribution in [1.82, 2.24) is 4.98 Å². The van der Waals surface area contributed by atoms with Gasteiger partial charge in [0.05, 0.1) is 21.4 Å². The number of aliphatic carboxylic acids is 1. The molecule has 1 saturated heterocycles. The van der Waals surface area contributed by atoms with Crippen LogP contribution in [0.3, 0.4) is 0 Å². The highest BCUT2D eigenvalue weighted by molar-refractivity contribution is 8.15. The van der Waals surface area contributed by atoms with Gasteiger partial charge in [0.25, 0.3) is 0 Å². The topological polar surface area (TPSA) is 90.2 Å². The first-order valence-corrected chi connectivity index (χ1v) is 12.9. The number of carboxylic acid groups (broad SMARTS) is 1. The molecule has 0 spiro atoms. The molecular weight excluding hydrogens is 490 g/mol. The molecule has 35 heavy (non-hydrogen) atoms. The van der Waals surface area contributed by atoms with Crippen molar-refractivity contribution in [1.29, 1.82) is 0 Å². The number of aromatic nitrogens is 1. The molecule has 0 amide bonds. The predicted molar refractivity (Wildman–Crippen MR) is 136 cm³/mol. The highest BCUT2D eigenvalue weighted by atomic mass is 32.2. The maximum absolute atomic E-state index is 14.9. The lowest BCUT2D eigenvalue weighted by atomic mass is 9.78. The van der Waals surface area contributed by atoms with Gasteiger partial charge >= 0.3 is 13.1 Å². The van der Waals surface area contributed by atoms with Gasteiger partial charge in [0, 0.05) is 11.2 Å². The number of carboxylic acids is 1. The Morgan fingerprint density at radius 1 is 1.20 bits per heavy atom. The average molecular weight is 514 g/mol. The highest BCUT2D eigenvalue weighted by Crippen LogP contribution is 2.37. The number of aliphatic imine (C=N–C) groups is 1. The molecule has 2 aliphatic rings. The molecule has 5 rings (SSSR count). The van der Waals surface area contributed by atoms with E-state index < -0.39 is 36.1 Å². The third kappa shape index (κ3) is 4.70. The van der Waals surface area contributed by atoms with E-state index in [2.05, 4.69) is 9.98 Å². The van der Waals surface area contributed by atoms with Crippen LogP contribution in [0.25, 0.3) is 10.2 Å². The molecule has 3 aromatic rings. The summed E-state index contributed by atoms with van der Waals surface area (Å²) >= 11 is 2.84. The number of ether oxygens (including phenoxy) is 1. The lowest BCUT2D eigenvalue weighted by molar-refractivity contribution is -0.137. The second-order valence-corrected chi connectivity index (χ2v) is 11.5. The van der Waals surface area contributed by atoms with Crippen LogP contribution in [0.1, 0.15) is 38.3 Å². The third-order valence-corrected chi connectivity index (χ3v) is 8.67. The van der Waals surface area contributed by atoms with Crippen molar-refractivity contribution in [3.05, 3.63) is 52.8 Å². The maximum Gasteiger partial charge on any atom is 0.497 e. The number of thiazole rings is 1. The third-order valence-electron chi connectivity index (χ3n) is 6.46. The van der Waals surface area contributed by atoms with Crippen molar-refractivity contribution < 1.29 is 28.3 Å². The van der Waals surface area contributed by atoms with Gasteiger partial charge in [0.1, 0.15) is 28.2 Å². The minimum Gasteiger partial charge on any atom is -0.489 e. The molecule has 1 unspecified atom stereocenters. The van der Waals surface area contributed by atoms with Crippen LogP contribution in [-0.4, -0.2) is 51.2 Å². The van der Waals surface area contributed by atoms with Gasteiger partial charge < -0.3 is 19.2 Å². The number of hydrogen-bond acceptors (Lipinski definition) is 8. The fourth-order valence-corrected chi connectivity index (χ4v) is 5.78. The monoisotopic (exact) mass is 514 g/mol. The van der Waals surface area contributed by atoms with Crippen molar-refractivity contribution in [2.24, 2.45) is 4.99 Å². The van der Waals surface area contributed by atoms with E-state index in [1.165, 1.54) is 29.2 Å². The lowest BCUT2D eigenvalue weighted by Gasteiger charge is -2.32. The molecule has 2 aromatic carbocycles. The van der Waals surface area contributed by atoms with Crippen LogP contribution >= 0.6 is 23.1 Å². The SMILES string of the molecule is CC1(C)OB(c2ccc(COc3ccc4nc(C5=NC(C(=O)O)CS5)sc4c3)cc2F)OC1(C)C. The van der Waals surface area contributed by atoms with Crippen molar-refractivity contribution in [3.8, 4) is 5.75 Å². The van der Waals surface area contributed by atoms with Gasteiger partial charge in [-0.05, 0) is 57.5 Å². The summed E-state index contributed by atoms with van der Waals surface area (Å²) in [4.78, 5) is 20.0. The fraction of sp³-hybridized carbons (Fsp3) is 0.375. The summed E-state index contributed by atoms with van der Waals surface area (Å²) in [6.07, 6.45) is 0. The maximum atomic E-state index is 14.9. The van der Waals surface area contributed by atoms with Crippen LogP contribution in [0.4, 0.5) is 4.39 Å². The second-order valence-electron chi connectivity index (χ2n) is 9.48. The zero-order valence-electron chi connectivity index (χ0n) is 19.7. The van der Waals surface area contributed by atoms with Crippen LogP contribution in [0.2, 0.25) is 0 Å². The summed E-state index contributed by atoms with van der Waals surface area (Å²) in [5.41, 5.74) is 0.759. The first kappa shape index (κ1) is 24.2. The predicted octanol–water partition coefficient (Wildman–Crippen LogP) is 4.26. The Morgan fingerprint density at radius 3 is 2.60 bits per heavy atom. The van der Waals surface area contributed by atoms with Gasteiger partial charge in [-0.25, -0.2) is 14.2 Å². The van der Waals surface area contributed by atoms with Crippen molar-refractivity contribution >= 4 is 56.9 Å². The van der Waals surface area contributed by atoms with Crippen molar-refractivity contribution in [2.45, 2.75) is 51.5 Å². The molecule has 1 atom stereocenters. The number of benzene rings is 2.